The van der Waals surface area contributed by atoms with E-state index in [1.54, 1.807) is 55.5 Å². The Kier molecular flexibility index (Phi) is 6.81. The van der Waals surface area contributed by atoms with Crippen LogP contribution in [0, 0.1) is 0 Å². The fraction of sp³-hybridized carbons (Fsp3) is 0.100. The van der Waals surface area contributed by atoms with Crippen LogP contribution in [-0.2, 0) is 4.74 Å². The number of anilines is 4. The number of ether oxygens (including phenoxy) is 1. The van der Waals surface area contributed by atoms with Crippen molar-refractivity contribution < 1.29 is 14.3 Å². The van der Waals surface area contributed by atoms with Gasteiger partial charge >= 0.3 is 5.97 Å². The Morgan fingerprint density at radius 2 is 1.63 bits per heavy atom. The molecule has 5 N–H and O–H groups in total. The van der Waals surface area contributed by atoms with Gasteiger partial charge in [0.1, 0.15) is 12.0 Å². The summed E-state index contributed by atoms with van der Waals surface area (Å²) < 4.78 is 5.83. The van der Waals surface area contributed by atoms with Crippen molar-refractivity contribution in [3.05, 3.63) is 70.5 Å². The highest BCUT2D eigenvalue weighted by molar-refractivity contribution is 9.10. The molecule has 0 aliphatic carbocycles. The number of benzene rings is 2. The maximum absolute atomic E-state index is 12.2. The fourth-order valence-corrected chi connectivity index (χ4v) is 2.69. The van der Waals surface area contributed by atoms with Crippen LogP contribution in [0.1, 0.15) is 27.6 Å². The van der Waals surface area contributed by atoms with Crippen molar-refractivity contribution in [2.45, 2.75) is 6.92 Å². The molecule has 30 heavy (non-hydrogen) atoms. The Hall–Kier alpha value is -3.66. The van der Waals surface area contributed by atoms with Gasteiger partial charge in [0.15, 0.2) is 11.6 Å². The number of hydrogen-bond donors (Lipinski definition) is 4. The molecular weight excluding hydrogens is 452 g/mol. The van der Waals surface area contributed by atoms with E-state index in [4.69, 9.17) is 10.5 Å². The lowest BCUT2D eigenvalue weighted by molar-refractivity contribution is 0.0526. The molecule has 0 spiro atoms. The summed E-state index contributed by atoms with van der Waals surface area (Å²) in [5.41, 5.74) is 13.1. The Labute approximate surface area is 181 Å². The number of nitrogens with one attached hydrogen (secondary N) is 3. The maximum atomic E-state index is 12.2. The van der Waals surface area contributed by atoms with Gasteiger partial charge in [-0.2, -0.15) is 0 Å². The molecular formula is C20H19BrN6O3. The Morgan fingerprint density at radius 1 is 1.00 bits per heavy atom. The van der Waals surface area contributed by atoms with Gasteiger partial charge in [0, 0.05) is 15.7 Å². The van der Waals surface area contributed by atoms with Gasteiger partial charge in [-0.25, -0.2) is 14.8 Å². The maximum Gasteiger partial charge on any atom is 0.338 e. The normalized spacial score (nSPS) is 10.2. The number of nitrogen functional groups attached to an aromatic ring is 1. The number of hydrogen-bond acceptors (Lipinski definition) is 8. The van der Waals surface area contributed by atoms with Gasteiger partial charge in [-0.1, -0.05) is 15.9 Å². The lowest BCUT2D eigenvalue weighted by Gasteiger charge is -2.13. The SMILES string of the molecule is CCOC(=O)c1ccc(Nc2ncnc(NNC(=O)c3ccc(Br)cc3)c2N)cc1. The van der Waals surface area contributed by atoms with Crippen molar-refractivity contribution >= 4 is 50.8 Å². The summed E-state index contributed by atoms with van der Waals surface area (Å²) in [5.74, 6) is -0.154. The Balaban J connectivity index is 1.66. The lowest BCUT2D eigenvalue weighted by atomic mass is 10.2. The van der Waals surface area contributed by atoms with Crippen LogP contribution in [0.4, 0.5) is 23.0 Å². The molecule has 0 aliphatic heterocycles. The summed E-state index contributed by atoms with van der Waals surface area (Å²) in [7, 11) is 0. The van der Waals surface area contributed by atoms with Gasteiger partial charge in [-0.3, -0.25) is 15.6 Å². The topological polar surface area (TPSA) is 131 Å². The number of nitrogens with two attached hydrogens (primary N) is 1. The van der Waals surface area contributed by atoms with E-state index in [0.29, 0.717) is 29.2 Å². The molecule has 0 bridgehead atoms. The minimum absolute atomic E-state index is 0.211. The highest BCUT2D eigenvalue weighted by Crippen LogP contribution is 2.25. The summed E-state index contributed by atoms with van der Waals surface area (Å²) in [4.78, 5) is 32.1. The van der Waals surface area contributed by atoms with Crippen LogP contribution in [0.25, 0.3) is 0 Å². The third kappa shape index (κ3) is 5.23. The zero-order valence-corrected chi connectivity index (χ0v) is 17.6. The van der Waals surface area contributed by atoms with Gasteiger partial charge in [-0.15, -0.1) is 0 Å². The predicted molar refractivity (Wildman–Crippen MR) is 117 cm³/mol. The molecule has 10 heteroatoms. The molecule has 0 saturated carbocycles. The van der Waals surface area contributed by atoms with Gasteiger partial charge in [0.2, 0.25) is 0 Å². The number of amides is 1. The average Bonchev–Trinajstić information content (AvgIpc) is 2.75. The fourth-order valence-electron chi connectivity index (χ4n) is 2.42. The van der Waals surface area contributed by atoms with Gasteiger partial charge < -0.3 is 15.8 Å². The molecule has 1 heterocycles. The van der Waals surface area contributed by atoms with Crippen LogP contribution >= 0.6 is 15.9 Å². The summed E-state index contributed by atoms with van der Waals surface area (Å²) >= 11 is 3.32. The molecule has 0 atom stereocenters. The van der Waals surface area contributed by atoms with E-state index >= 15 is 0 Å². The molecule has 154 valence electrons. The standard InChI is InChI=1S/C20H19BrN6O3/c1-2-30-20(29)13-5-9-15(10-6-13)25-17-16(22)18(24-11-23-17)26-27-19(28)12-3-7-14(21)8-4-12/h3-11H,2,22H2,1H3,(H,27,28)(H2,23,24,25,26). The molecule has 0 radical (unpaired) electrons. The second-order valence-electron chi connectivity index (χ2n) is 5.99. The van der Waals surface area contributed by atoms with E-state index in [1.807, 2.05) is 0 Å². The van der Waals surface area contributed by atoms with Gasteiger partial charge in [0.25, 0.3) is 5.91 Å². The summed E-state index contributed by atoms with van der Waals surface area (Å²) in [6.45, 7) is 2.06. The van der Waals surface area contributed by atoms with E-state index in [1.165, 1.54) is 6.33 Å². The van der Waals surface area contributed by atoms with Gasteiger partial charge in [0.05, 0.1) is 12.2 Å². The van der Waals surface area contributed by atoms with E-state index in [2.05, 4.69) is 42.1 Å². The van der Waals surface area contributed by atoms with Crippen LogP contribution in [0.2, 0.25) is 0 Å². The number of carbonyl (C=O) groups is 2. The number of aromatic nitrogens is 2. The van der Waals surface area contributed by atoms with Crippen LogP contribution in [0.3, 0.4) is 0 Å². The third-order valence-electron chi connectivity index (χ3n) is 3.94. The third-order valence-corrected chi connectivity index (χ3v) is 4.47. The minimum Gasteiger partial charge on any atom is -0.462 e. The first kappa shape index (κ1) is 21.1. The predicted octanol–water partition coefficient (Wildman–Crippen LogP) is 3.50. The molecule has 2 aromatic carbocycles. The van der Waals surface area contributed by atoms with Crippen LogP contribution in [-0.4, -0.2) is 28.5 Å². The Bertz CT molecular complexity index is 1040. The number of hydrazine groups is 1. The van der Waals surface area contributed by atoms with Crippen LogP contribution in [0.15, 0.2) is 59.3 Å². The average molecular weight is 471 g/mol. The molecule has 3 aromatic rings. The van der Waals surface area contributed by atoms with E-state index in [0.717, 1.165) is 4.47 Å². The number of carbonyl (C=O) groups excluding carboxylic acids is 2. The van der Waals surface area contributed by atoms with Crippen LogP contribution < -0.4 is 21.9 Å². The van der Waals surface area contributed by atoms with E-state index < -0.39 is 5.97 Å². The second-order valence-corrected chi connectivity index (χ2v) is 6.91. The van der Waals surface area contributed by atoms with Crippen molar-refractivity contribution in [2.24, 2.45) is 0 Å². The summed E-state index contributed by atoms with van der Waals surface area (Å²) in [6.07, 6.45) is 1.31. The molecule has 0 saturated heterocycles. The highest BCUT2D eigenvalue weighted by atomic mass is 79.9. The molecule has 0 fully saturated rings. The highest BCUT2D eigenvalue weighted by Gasteiger charge is 2.11. The zero-order valence-electron chi connectivity index (χ0n) is 16.0. The summed E-state index contributed by atoms with van der Waals surface area (Å²) in [5, 5.41) is 3.05. The molecule has 9 nitrogen and oxygen atoms in total. The zero-order chi connectivity index (χ0) is 21.5. The van der Waals surface area contributed by atoms with Gasteiger partial charge in [-0.05, 0) is 55.5 Å². The van der Waals surface area contributed by atoms with Crippen LogP contribution in [0.5, 0.6) is 0 Å². The quantitative estimate of drug-likeness (QED) is 0.304. The van der Waals surface area contributed by atoms with E-state index in [-0.39, 0.29) is 17.4 Å². The van der Waals surface area contributed by atoms with Crippen molar-refractivity contribution in [3.63, 3.8) is 0 Å². The van der Waals surface area contributed by atoms with Crippen molar-refractivity contribution in [3.8, 4) is 0 Å². The largest absolute Gasteiger partial charge is 0.462 e. The number of esters is 1. The Morgan fingerprint density at radius 3 is 2.30 bits per heavy atom. The summed E-state index contributed by atoms with van der Waals surface area (Å²) in [6, 6.07) is 13.6. The molecule has 1 amide bonds. The first-order valence-corrected chi connectivity index (χ1v) is 9.74. The number of halogens is 1. The second kappa shape index (κ2) is 9.70. The van der Waals surface area contributed by atoms with Crippen molar-refractivity contribution in [1.29, 1.82) is 0 Å². The monoisotopic (exact) mass is 470 g/mol. The smallest absolute Gasteiger partial charge is 0.338 e. The molecule has 0 aliphatic rings. The molecule has 3 rings (SSSR count). The molecule has 1 aromatic heterocycles. The molecule has 0 unspecified atom stereocenters. The van der Waals surface area contributed by atoms with Crippen molar-refractivity contribution in [1.82, 2.24) is 15.4 Å². The number of rotatable bonds is 7. The van der Waals surface area contributed by atoms with Crippen molar-refractivity contribution in [2.75, 3.05) is 23.1 Å². The first-order chi connectivity index (χ1) is 14.5. The minimum atomic E-state index is -0.390. The van der Waals surface area contributed by atoms with E-state index in [9.17, 15) is 9.59 Å². The number of nitrogens with zero attached hydrogens (tertiary/aromatic N) is 2. The lowest BCUT2D eigenvalue weighted by Crippen LogP contribution is -2.30. The first-order valence-electron chi connectivity index (χ1n) is 8.94.